The topological polar surface area (TPSA) is 111 Å². The maximum absolute atomic E-state index is 11.7. The van der Waals surface area contributed by atoms with E-state index in [1.807, 2.05) is 0 Å². The second kappa shape index (κ2) is 5.27. The number of carbonyl (C=O) groups is 2. The van der Waals surface area contributed by atoms with E-state index in [1.165, 1.54) is 6.07 Å². The van der Waals surface area contributed by atoms with Crippen molar-refractivity contribution in [2.45, 2.75) is 18.9 Å². The van der Waals surface area contributed by atoms with Gasteiger partial charge in [0.05, 0.1) is 6.61 Å². The van der Waals surface area contributed by atoms with Crippen molar-refractivity contribution in [2.24, 2.45) is 0 Å². The predicted octanol–water partition coefficient (Wildman–Crippen LogP) is -0.278. The lowest BCUT2D eigenvalue weighted by Crippen LogP contribution is -2.56. The lowest BCUT2D eigenvalue weighted by molar-refractivity contribution is -0.148. The van der Waals surface area contributed by atoms with Crippen LogP contribution in [0.3, 0.4) is 0 Å². The molecule has 0 saturated carbocycles. The Hall–Kier alpha value is -2.09. The van der Waals surface area contributed by atoms with Gasteiger partial charge in [0.1, 0.15) is 5.76 Å². The molecule has 2 rings (SSSR count). The SMILES string of the molecule is Cc1cc(OCC(=O)NC2(C(=O)O)CCOC2)no1. The number of aromatic nitrogens is 1. The normalized spacial score (nSPS) is 22.2. The highest BCUT2D eigenvalue weighted by atomic mass is 16.5. The minimum atomic E-state index is -1.36. The average Bonchev–Trinajstić information content (AvgIpc) is 2.97. The van der Waals surface area contributed by atoms with Crippen LogP contribution in [0.1, 0.15) is 12.2 Å². The van der Waals surface area contributed by atoms with Crippen molar-refractivity contribution >= 4 is 11.9 Å². The number of rotatable bonds is 5. The molecule has 1 amide bonds. The van der Waals surface area contributed by atoms with Crippen molar-refractivity contribution in [3.05, 3.63) is 11.8 Å². The van der Waals surface area contributed by atoms with E-state index >= 15 is 0 Å². The second-order valence-electron chi connectivity index (χ2n) is 4.30. The molecule has 1 aromatic rings. The van der Waals surface area contributed by atoms with E-state index < -0.39 is 17.4 Å². The molecule has 19 heavy (non-hydrogen) atoms. The van der Waals surface area contributed by atoms with E-state index in [0.717, 1.165) is 0 Å². The number of nitrogens with zero attached hydrogens (tertiary/aromatic N) is 1. The minimum absolute atomic E-state index is 0.0445. The number of aliphatic carboxylic acids is 1. The van der Waals surface area contributed by atoms with Crippen molar-refractivity contribution in [1.29, 1.82) is 0 Å². The van der Waals surface area contributed by atoms with Crippen molar-refractivity contribution in [3.63, 3.8) is 0 Å². The first kappa shape index (κ1) is 13.3. The summed E-state index contributed by atoms with van der Waals surface area (Å²) in [5.74, 6) is -0.925. The summed E-state index contributed by atoms with van der Waals surface area (Å²) in [7, 11) is 0. The molecule has 104 valence electrons. The minimum Gasteiger partial charge on any atom is -0.479 e. The van der Waals surface area contributed by atoms with Crippen LogP contribution >= 0.6 is 0 Å². The Morgan fingerprint density at radius 1 is 1.63 bits per heavy atom. The smallest absolute Gasteiger partial charge is 0.331 e. The summed E-state index contributed by atoms with van der Waals surface area (Å²) in [5.41, 5.74) is -1.36. The number of carbonyl (C=O) groups excluding carboxylic acids is 1. The van der Waals surface area contributed by atoms with Crippen LogP contribution in [0, 0.1) is 6.92 Å². The molecule has 8 heteroatoms. The Morgan fingerprint density at radius 3 is 2.95 bits per heavy atom. The molecule has 1 saturated heterocycles. The Morgan fingerprint density at radius 2 is 2.42 bits per heavy atom. The molecule has 1 aliphatic rings. The highest BCUT2D eigenvalue weighted by Gasteiger charge is 2.43. The molecule has 1 aliphatic heterocycles. The van der Waals surface area contributed by atoms with Gasteiger partial charge in [-0.2, -0.15) is 0 Å². The molecular formula is C11H14N2O6. The number of ether oxygens (including phenoxy) is 2. The molecule has 0 spiro atoms. The van der Waals surface area contributed by atoms with Crippen LogP contribution in [0.2, 0.25) is 0 Å². The highest BCUT2D eigenvalue weighted by molar-refractivity contribution is 5.88. The highest BCUT2D eigenvalue weighted by Crippen LogP contribution is 2.19. The first-order valence-corrected chi connectivity index (χ1v) is 5.70. The van der Waals surface area contributed by atoms with Gasteiger partial charge < -0.3 is 24.4 Å². The molecule has 8 nitrogen and oxygen atoms in total. The fraction of sp³-hybridized carbons (Fsp3) is 0.545. The zero-order chi connectivity index (χ0) is 13.9. The third-order valence-electron chi connectivity index (χ3n) is 2.77. The number of amides is 1. The molecule has 2 N–H and O–H groups in total. The van der Waals surface area contributed by atoms with Crippen LogP contribution in [0.5, 0.6) is 5.88 Å². The van der Waals surface area contributed by atoms with E-state index in [0.29, 0.717) is 12.4 Å². The van der Waals surface area contributed by atoms with Gasteiger partial charge in [-0.25, -0.2) is 4.79 Å². The van der Waals surface area contributed by atoms with E-state index in [2.05, 4.69) is 10.5 Å². The van der Waals surface area contributed by atoms with Crippen LogP contribution < -0.4 is 10.1 Å². The molecule has 0 aliphatic carbocycles. The van der Waals surface area contributed by atoms with E-state index in [9.17, 15) is 9.59 Å². The summed E-state index contributed by atoms with van der Waals surface area (Å²) < 4.78 is 14.9. The zero-order valence-electron chi connectivity index (χ0n) is 10.3. The molecular weight excluding hydrogens is 256 g/mol. The van der Waals surface area contributed by atoms with Crippen LogP contribution in [0.15, 0.2) is 10.6 Å². The van der Waals surface area contributed by atoms with Gasteiger partial charge in [0.2, 0.25) is 0 Å². The summed E-state index contributed by atoms with van der Waals surface area (Å²) in [6.07, 6.45) is 0.233. The van der Waals surface area contributed by atoms with Gasteiger partial charge in [0, 0.05) is 19.1 Å². The summed E-state index contributed by atoms with van der Waals surface area (Å²) >= 11 is 0. The summed E-state index contributed by atoms with van der Waals surface area (Å²) in [4.78, 5) is 22.8. The molecule has 0 radical (unpaired) electrons. The van der Waals surface area contributed by atoms with Gasteiger partial charge in [0.15, 0.2) is 12.1 Å². The number of carboxylic acids is 1. The largest absolute Gasteiger partial charge is 0.479 e. The number of carboxylic acid groups (broad SMARTS) is 1. The maximum atomic E-state index is 11.7. The monoisotopic (exact) mass is 270 g/mol. The molecule has 0 aromatic carbocycles. The van der Waals surface area contributed by atoms with Crippen molar-refractivity contribution < 1.29 is 28.7 Å². The molecule has 1 unspecified atom stereocenters. The Labute approximate surface area is 108 Å². The molecule has 0 bridgehead atoms. The number of aryl methyl sites for hydroxylation is 1. The molecule has 2 heterocycles. The third-order valence-corrected chi connectivity index (χ3v) is 2.77. The average molecular weight is 270 g/mol. The zero-order valence-corrected chi connectivity index (χ0v) is 10.3. The van der Waals surface area contributed by atoms with Crippen molar-refractivity contribution in [1.82, 2.24) is 10.5 Å². The quantitative estimate of drug-likeness (QED) is 0.757. The van der Waals surface area contributed by atoms with E-state index in [-0.39, 0.29) is 25.5 Å². The Bertz CT molecular complexity index is 477. The van der Waals surface area contributed by atoms with Gasteiger partial charge in [-0.1, -0.05) is 0 Å². The summed E-state index contributed by atoms with van der Waals surface area (Å²) in [6, 6.07) is 1.53. The van der Waals surface area contributed by atoms with Crippen LogP contribution in [-0.2, 0) is 14.3 Å². The van der Waals surface area contributed by atoms with Crippen molar-refractivity contribution in [3.8, 4) is 5.88 Å². The maximum Gasteiger partial charge on any atom is 0.331 e. The first-order chi connectivity index (χ1) is 9.02. The van der Waals surface area contributed by atoms with Crippen LogP contribution in [0.25, 0.3) is 0 Å². The molecule has 1 atom stereocenters. The van der Waals surface area contributed by atoms with Crippen LogP contribution in [0.4, 0.5) is 0 Å². The third kappa shape index (κ3) is 3.02. The number of hydrogen-bond acceptors (Lipinski definition) is 6. The van der Waals surface area contributed by atoms with Gasteiger partial charge in [0.25, 0.3) is 11.8 Å². The van der Waals surface area contributed by atoms with Gasteiger partial charge in [-0.05, 0) is 12.1 Å². The lowest BCUT2D eigenvalue weighted by Gasteiger charge is -2.23. The van der Waals surface area contributed by atoms with E-state index in [1.54, 1.807) is 6.92 Å². The number of hydrogen-bond donors (Lipinski definition) is 2. The summed E-state index contributed by atoms with van der Waals surface area (Å²) in [5, 5.41) is 15.1. The van der Waals surface area contributed by atoms with Crippen LogP contribution in [-0.4, -0.2) is 47.5 Å². The molecule has 1 fully saturated rings. The second-order valence-corrected chi connectivity index (χ2v) is 4.30. The predicted molar refractivity (Wildman–Crippen MR) is 60.7 cm³/mol. The Kier molecular flexibility index (Phi) is 3.70. The summed E-state index contributed by atoms with van der Waals surface area (Å²) in [6.45, 7) is 1.61. The first-order valence-electron chi connectivity index (χ1n) is 5.70. The lowest BCUT2D eigenvalue weighted by atomic mass is 9.99. The Balaban J connectivity index is 1.88. The molecule has 1 aromatic heterocycles. The van der Waals surface area contributed by atoms with Crippen molar-refractivity contribution in [2.75, 3.05) is 19.8 Å². The fourth-order valence-corrected chi connectivity index (χ4v) is 1.74. The number of nitrogens with one attached hydrogen (secondary N) is 1. The van der Waals surface area contributed by atoms with E-state index in [4.69, 9.17) is 19.1 Å². The standard InChI is InChI=1S/C11H14N2O6/c1-7-4-9(13-19-7)18-5-8(14)12-11(10(15)16)2-3-17-6-11/h4H,2-3,5-6H2,1H3,(H,12,14)(H,15,16). The van der Waals surface area contributed by atoms with Gasteiger partial charge in [-0.15, -0.1) is 0 Å². The fourth-order valence-electron chi connectivity index (χ4n) is 1.74. The van der Waals surface area contributed by atoms with Gasteiger partial charge >= 0.3 is 5.97 Å². The van der Waals surface area contributed by atoms with Gasteiger partial charge in [-0.3, -0.25) is 4.79 Å².